The van der Waals surface area contributed by atoms with Crippen LogP contribution in [0.5, 0.6) is 0 Å². The molecule has 3 heterocycles. The maximum atomic E-state index is 6.34. The molecule has 11 aromatic rings. The Hall–Kier alpha value is -6.85. The molecular formula is C45H25N3O2. The highest BCUT2D eigenvalue weighted by Crippen LogP contribution is 2.43. The fraction of sp³-hybridized carbons (Fsp3) is 0. The van der Waals surface area contributed by atoms with E-state index in [0.29, 0.717) is 17.5 Å². The molecule has 5 heteroatoms. The predicted molar refractivity (Wildman–Crippen MR) is 203 cm³/mol. The zero-order valence-electron chi connectivity index (χ0n) is 26.6. The molecule has 0 bridgehead atoms. The van der Waals surface area contributed by atoms with Crippen LogP contribution in [0.25, 0.3) is 110 Å². The molecule has 0 aliphatic heterocycles. The summed E-state index contributed by atoms with van der Waals surface area (Å²) in [7, 11) is 0. The number of nitrogens with zero attached hydrogens (tertiary/aromatic N) is 3. The lowest BCUT2D eigenvalue weighted by Gasteiger charge is -2.14. The van der Waals surface area contributed by atoms with E-state index in [-0.39, 0.29) is 0 Å². The highest BCUT2D eigenvalue weighted by Gasteiger charge is 2.21. The lowest BCUT2D eigenvalue weighted by molar-refractivity contribution is 0.668. The first-order chi connectivity index (χ1) is 24.8. The van der Waals surface area contributed by atoms with Crippen molar-refractivity contribution in [1.29, 1.82) is 0 Å². The second-order valence-electron chi connectivity index (χ2n) is 12.7. The normalized spacial score (nSPS) is 12.0. The van der Waals surface area contributed by atoms with Crippen molar-refractivity contribution in [1.82, 2.24) is 15.0 Å². The predicted octanol–water partition coefficient (Wildman–Crippen LogP) is 12.1. The quantitative estimate of drug-likeness (QED) is 0.180. The Labute approximate surface area is 285 Å². The highest BCUT2D eigenvalue weighted by molar-refractivity contribution is 6.32. The van der Waals surface area contributed by atoms with Crippen molar-refractivity contribution in [3.8, 4) is 34.2 Å². The zero-order chi connectivity index (χ0) is 32.8. The Morgan fingerprint density at radius 1 is 0.320 bits per heavy atom. The second-order valence-corrected chi connectivity index (χ2v) is 12.7. The highest BCUT2D eigenvalue weighted by atomic mass is 16.3. The molecule has 0 saturated heterocycles. The molecule has 232 valence electrons. The van der Waals surface area contributed by atoms with Crippen molar-refractivity contribution in [3.05, 3.63) is 152 Å². The summed E-state index contributed by atoms with van der Waals surface area (Å²) in [6.07, 6.45) is 0. The van der Waals surface area contributed by atoms with Crippen LogP contribution in [0.4, 0.5) is 0 Å². The molecule has 0 spiro atoms. The summed E-state index contributed by atoms with van der Waals surface area (Å²) in [5.74, 6) is 1.83. The van der Waals surface area contributed by atoms with E-state index < -0.39 is 0 Å². The van der Waals surface area contributed by atoms with Gasteiger partial charge in [0.15, 0.2) is 17.5 Å². The van der Waals surface area contributed by atoms with E-state index in [1.165, 1.54) is 16.2 Å². The number of furan rings is 2. The summed E-state index contributed by atoms with van der Waals surface area (Å²) in [6.45, 7) is 0. The summed E-state index contributed by atoms with van der Waals surface area (Å²) in [4.78, 5) is 15.5. The molecule has 0 saturated carbocycles. The molecule has 0 fully saturated rings. The Balaban J connectivity index is 1.24. The first-order valence-corrected chi connectivity index (χ1v) is 16.7. The van der Waals surface area contributed by atoms with Gasteiger partial charge in [-0.1, -0.05) is 121 Å². The molecule has 11 rings (SSSR count). The summed E-state index contributed by atoms with van der Waals surface area (Å²) < 4.78 is 12.6. The molecule has 0 atom stereocenters. The first-order valence-electron chi connectivity index (χ1n) is 16.7. The van der Waals surface area contributed by atoms with E-state index in [4.69, 9.17) is 23.8 Å². The van der Waals surface area contributed by atoms with Gasteiger partial charge >= 0.3 is 0 Å². The number of hydrogen-bond donors (Lipinski definition) is 0. The lowest BCUT2D eigenvalue weighted by Crippen LogP contribution is -2.01. The van der Waals surface area contributed by atoms with Gasteiger partial charge in [-0.05, 0) is 57.3 Å². The van der Waals surface area contributed by atoms with Gasteiger partial charge < -0.3 is 8.83 Å². The van der Waals surface area contributed by atoms with Gasteiger partial charge in [0.25, 0.3) is 0 Å². The van der Waals surface area contributed by atoms with E-state index in [0.717, 1.165) is 76.7 Å². The maximum Gasteiger partial charge on any atom is 0.164 e. The zero-order valence-corrected chi connectivity index (χ0v) is 26.6. The van der Waals surface area contributed by atoms with Crippen molar-refractivity contribution in [2.45, 2.75) is 0 Å². The van der Waals surface area contributed by atoms with Gasteiger partial charge in [0.2, 0.25) is 0 Å². The van der Waals surface area contributed by atoms with Crippen LogP contribution in [-0.4, -0.2) is 15.0 Å². The SMILES string of the molecule is c1ccc(-c2nc(-c3cc4ccc5ccc6oc7ccccc7c6c5c4c4ccccc34)nc(-c3cccc4oc5ccccc5c34)n2)cc1. The standard InChI is InChI=1S/C45H25N3O2/c1-2-11-27(12-3-1)43-46-44(33-17-10-20-37-41(33)31-15-6-8-18-35(31)49-37)48-45(47-43)34-25-28-22-21-26-23-24-38-42(32-16-7-9-19-36(32)50-38)40(26)39(28)30-14-5-4-13-29(30)34/h1-25H. The van der Waals surface area contributed by atoms with Crippen LogP contribution in [0.2, 0.25) is 0 Å². The van der Waals surface area contributed by atoms with E-state index in [9.17, 15) is 0 Å². The Bertz CT molecular complexity index is 3160. The van der Waals surface area contributed by atoms with Crippen LogP contribution in [0.3, 0.4) is 0 Å². The summed E-state index contributed by atoms with van der Waals surface area (Å²) >= 11 is 0. The first kappa shape index (κ1) is 27.1. The van der Waals surface area contributed by atoms with Gasteiger partial charge in [0.1, 0.15) is 22.3 Å². The fourth-order valence-electron chi connectivity index (χ4n) is 7.71. The largest absolute Gasteiger partial charge is 0.456 e. The molecule has 0 radical (unpaired) electrons. The molecule has 0 aliphatic rings. The van der Waals surface area contributed by atoms with Crippen molar-refractivity contribution < 1.29 is 8.83 Å². The third-order valence-corrected chi connectivity index (χ3v) is 9.89. The van der Waals surface area contributed by atoms with Crippen LogP contribution in [-0.2, 0) is 0 Å². The van der Waals surface area contributed by atoms with Crippen molar-refractivity contribution in [2.75, 3.05) is 0 Å². The van der Waals surface area contributed by atoms with Gasteiger partial charge in [-0.2, -0.15) is 0 Å². The van der Waals surface area contributed by atoms with E-state index in [2.05, 4.69) is 78.9 Å². The van der Waals surface area contributed by atoms with Gasteiger partial charge in [0.05, 0.1) is 0 Å². The van der Waals surface area contributed by atoms with Crippen molar-refractivity contribution in [3.63, 3.8) is 0 Å². The lowest BCUT2D eigenvalue weighted by atomic mass is 9.91. The van der Waals surface area contributed by atoms with E-state index in [1.54, 1.807) is 0 Å². The van der Waals surface area contributed by atoms with Crippen LogP contribution >= 0.6 is 0 Å². The molecule has 0 unspecified atom stereocenters. The van der Waals surface area contributed by atoms with Gasteiger partial charge in [-0.15, -0.1) is 0 Å². The average Bonchev–Trinajstić information content (AvgIpc) is 3.76. The monoisotopic (exact) mass is 639 g/mol. The topological polar surface area (TPSA) is 65.0 Å². The summed E-state index contributed by atoms with van der Waals surface area (Å²) in [5.41, 5.74) is 6.18. The maximum absolute atomic E-state index is 6.34. The smallest absolute Gasteiger partial charge is 0.164 e. The minimum Gasteiger partial charge on any atom is -0.456 e. The molecule has 8 aromatic carbocycles. The van der Waals surface area contributed by atoms with Gasteiger partial charge in [-0.25, -0.2) is 15.0 Å². The van der Waals surface area contributed by atoms with Crippen molar-refractivity contribution >= 4 is 76.2 Å². The number of aromatic nitrogens is 3. The number of para-hydroxylation sites is 2. The van der Waals surface area contributed by atoms with Crippen LogP contribution in [0, 0.1) is 0 Å². The van der Waals surface area contributed by atoms with Crippen LogP contribution in [0.1, 0.15) is 0 Å². The average molecular weight is 640 g/mol. The number of benzene rings is 8. The fourth-order valence-corrected chi connectivity index (χ4v) is 7.71. The molecule has 0 aliphatic carbocycles. The molecule has 0 N–H and O–H groups in total. The van der Waals surface area contributed by atoms with E-state index in [1.807, 2.05) is 72.8 Å². The number of rotatable bonds is 3. The molecule has 3 aromatic heterocycles. The summed E-state index contributed by atoms with van der Waals surface area (Å²) in [6, 6.07) is 52.1. The molecular weight excluding hydrogens is 615 g/mol. The Morgan fingerprint density at radius 3 is 1.66 bits per heavy atom. The van der Waals surface area contributed by atoms with Crippen LogP contribution < -0.4 is 0 Å². The Morgan fingerprint density at radius 2 is 0.880 bits per heavy atom. The minimum atomic E-state index is 0.597. The molecule has 0 amide bonds. The van der Waals surface area contributed by atoms with Gasteiger partial charge in [0, 0.05) is 43.6 Å². The van der Waals surface area contributed by atoms with Gasteiger partial charge in [-0.3, -0.25) is 0 Å². The van der Waals surface area contributed by atoms with Crippen LogP contribution in [0.15, 0.2) is 160 Å². The number of fused-ring (bicyclic) bond motifs is 12. The Kier molecular flexibility index (Phi) is 5.60. The molecule has 5 nitrogen and oxygen atoms in total. The third-order valence-electron chi connectivity index (χ3n) is 9.89. The third kappa shape index (κ3) is 3.92. The van der Waals surface area contributed by atoms with E-state index >= 15 is 0 Å². The summed E-state index contributed by atoms with van der Waals surface area (Å²) in [5, 5.41) is 11.1. The minimum absolute atomic E-state index is 0.597. The van der Waals surface area contributed by atoms with Crippen molar-refractivity contribution in [2.24, 2.45) is 0 Å². The number of hydrogen-bond acceptors (Lipinski definition) is 5. The molecule has 50 heavy (non-hydrogen) atoms. The second kappa shape index (κ2) is 10.3.